The predicted octanol–water partition coefficient (Wildman–Crippen LogP) is 1.35. The van der Waals surface area contributed by atoms with Crippen molar-refractivity contribution in [2.75, 3.05) is 20.1 Å². The fourth-order valence-electron chi connectivity index (χ4n) is 2.59. The van der Waals surface area contributed by atoms with E-state index in [1.165, 1.54) is 4.90 Å². The number of carboxylic acid groups (broad SMARTS) is 1. The zero-order valence-corrected chi connectivity index (χ0v) is 13.2. The van der Waals surface area contributed by atoms with Crippen LogP contribution in [0.1, 0.15) is 46.0 Å². The van der Waals surface area contributed by atoms with Crippen LogP contribution in [0, 0.1) is 5.92 Å². The van der Waals surface area contributed by atoms with E-state index in [1.54, 1.807) is 11.9 Å². The molecule has 21 heavy (non-hydrogen) atoms. The Hall–Kier alpha value is -1.59. The number of likely N-dealkylation sites (N-methyl/N-ethyl adjacent to an activating group) is 1. The average Bonchev–Trinajstić information content (AvgIpc) is 2.42. The Bertz CT molecular complexity index is 395. The van der Waals surface area contributed by atoms with Gasteiger partial charge in [0.05, 0.1) is 6.42 Å². The van der Waals surface area contributed by atoms with E-state index in [0.29, 0.717) is 25.3 Å². The van der Waals surface area contributed by atoms with Gasteiger partial charge in [0.2, 0.25) is 11.8 Å². The molecule has 6 nitrogen and oxygen atoms in total. The molecular weight excluding hydrogens is 272 g/mol. The van der Waals surface area contributed by atoms with Gasteiger partial charge in [-0.1, -0.05) is 13.8 Å². The number of likely N-dealkylation sites (tertiary alicyclic amines) is 1. The van der Waals surface area contributed by atoms with Crippen LogP contribution in [-0.4, -0.2) is 58.9 Å². The number of aliphatic carboxylic acids is 1. The van der Waals surface area contributed by atoms with Gasteiger partial charge in [-0.25, -0.2) is 0 Å². The second kappa shape index (κ2) is 8.00. The molecule has 1 rings (SSSR count). The number of hydrogen-bond acceptors (Lipinski definition) is 3. The van der Waals surface area contributed by atoms with Crippen LogP contribution in [0.5, 0.6) is 0 Å². The van der Waals surface area contributed by atoms with Crippen molar-refractivity contribution in [2.24, 2.45) is 5.92 Å². The van der Waals surface area contributed by atoms with Gasteiger partial charge in [-0.05, 0) is 25.2 Å². The number of nitrogens with zero attached hydrogens (tertiary/aromatic N) is 2. The van der Waals surface area contributed by atoms with Crippen molar-refractivity contribution in [2.45, 2.75) is 52.0 Å². The lowest BCUT2D eigenvalue weighted by Crippen LogP contribution is -2.52. The highest BCUT2D eigenvalue weighted by molar-refractivity contribution is 5.88. The summed E-state index contributed by atoms with van der Waals surface area (Å²) in [7, 11) is 1.60. The fourth-order valence-corrected chi connectivity index (χ4v) is 2.59. The summed E-state index contributed by atoms with van der Waals surface area (Å²) >= 11 is 0. The Kier molecular flexibility index (Phi) is 6.65. The van der Waals surface area contributed by atoms with Crippen LogP contribution in [-0.2, 0) is 14.4 Å². The van der Waals surface area contributed by atoms with Crippen LogP contribution in [0.25, 0.3) is 0 Å². The van der Waals surface area contributed by atoms with Gasteiger partial charge in [-0.3, -0.25) is 14.4 Å². The minimum absolute atomic E-state index is 0.0342. The number of carbonyl (C=O) groups excluding carboxylic acids is 2. The first-order chi connectivity index (χ1) is 9.82. The molecule has 0 radical (unpaired) electrons. The van der Waals surface area contributed by atoms with E-state index in [2.05, 4.69) is 0 Å². The van der Waals surface area contributed by atoms with Crippen molar-refractivity contribution in [1.82, 2.24) is 9.80 Å². The van der Waals surface area contributed by atoms with E-state index >= 15 is 0 Å². The Morgan fingerprint density at radius 2 is 2.00 bits per heavy atom. The summed E-state index contributed by atoms with van der Waals surface area (Å²) in [4.78, 5) is 38.4. The first-order valence-electron chi connectivity index (χ1n) is 7.59. The van der Waals surface area contributed by atoms with Crippen molar-refractivity contribution in [3.63, 3.8) is 0 Å². The Labute approximate surface area is 126 Å². The molecule has 0 aromatic rings. The number of carboxylic acids is 1. The first-order valence-corrected chi connectivity index (χ1v) is 7.59. The van der Waals surface area contributed by atoms with Crippen LogP contribution < -0.4 is 0 Å². The predicted molar refractivity (Wildman–Crippen MR) is 78.7 cm³/mol. The largest absolute Gasteiger partial charge is 0.481 e. The van der Waals surface area contributed by atoms with Gasteiger partial charge in [-0.15, -0.1) is 0 Å². The Morgan fingerprint density at radius 3 is 2.52 bits per heavy atom. The molecule has 1 N–H and O–H groups in total. The van der Waals surface area contributed by atoms with Crippen molar-refractivity contribution in [3.05, 3.63) is 0 Å². The maximum atomic E-state index is 12.6. The molecule has 6 heteroatoms. The summed E-state index contributed by atoms with van der Waals surface area (Å²) < 4.78 is 0. The van der Waals surface area contributed by atoms with Gasteiger partial charge in [0, 0.05) is 26.6 Å². The lowest BCUT2D eigenvalue weighted by atomic mass is 9.98. The molecule has 0 aromatic carbocycles. The third kappa shape index (κ3) is 5.36. The molecule has 1 atom stereocenters. The van der Waals surface area contributed by atoms with E-state index in [1.807, 2.05) is 13.8 Å². The molecule has 2 amide bonds. The summed E-state index contributed by atoms with van der Waals surface area (Å²) in [5, 5.41) is 8.72. The van der Waals surface area contributed by atoms with Crippen molar-refractivity contribution < 1.29 is 19.5 Å². The van der Waals surface area contributed by atoms with Crippen LogP contribution in [0.4, 0.5) is 0 Å². The first kappa shape index (κ1) is 17.5. The number of piperidine rings is 1. The molecule has 1 heterocycles. The molecule has 0 aromatic heterocycles. The molecular formula is C15H26N2O4. The lowest BCUT2D eigenvalue weighted by Gasteiger charge is -2.36. The van der Waals surface area contributed by atoms with Crippen LogP contribution in [0.3, 0.4) is 0 Å². The van der Waals surface area contributed by atoms with Gasteiger partial charge in [0.25, 0.3) is 0 Å². The molecule has 1 aliphatic heterocycles. The zero-order valence-electron chi connectivity index (χ0n) is 13.2. The average molecular weight is 298 g/mol. The maximum Gasteiger partial charge on any atom is 0.305 e. The standard InChI is InChI=1S/C15H26N2O4/c1-11(2)10-12(17-8-5-4-6-13(17)18)15(21)16(3)9-7-14(19)20/h11-12H,4-10H2,1-3H3,(H,19,20). The van der Waals surface area contributed by atoms with E-state index in [0.717, 1.165) is 12.8 Å². The minimum Gasteiger partial charge on any atom is -0.481 e. The van der Waals surface area contributed by atoms with Crippen molar-refractivity contribution >= 4 is 17.8 Å². The maximum absolute atomic E-state index is 12.6. The number of rotatable bonds is 7. The van der Waals surface area contributed by atoms with E-state index in [4.69, 9.17) is 5.11 Å². The van der Waals surface area contributed by atoms with Gasteiger partial charge >= 0.3 is 5.97 Å². The molecule has 0 spiro atoms. The van der Waals surface area contributed by atoms with Gasteiger partial charge < -0.3 is 14.9 Å². The van der Waals surface area contributed by atoms with Gasteiger partial charge in [0.15, 0.2) is 0 Å². The van der Waals surface area contributed by atoms with Crippen molar-refractivity contribution in [3.8, 4) is 0 Å². The molecule has 120 valence electrons. The summed E-state index contributed by atoms with van der Waals surface area (Å²) in [5.74, 6) is -0.752. The van der Waals surface area contributed by atoms with E-state index in [9.17, 15) is 14.4 Å². The normalized spacial score (nSPS) is 17.0. The Morgan fingerprint density at radius 1 is 1.33 bits per heavy atom. The second-order valence-corrected chi connectivity index (χ2v) is 6.09. The van der Waals surface area contributed by atoms with E-state index < -0.39 is 12.0 Å². The molecule has 0 aliphatic carbocycles. The zero-order chi connectivity index (χ0) is 16.0. The number of hydrogen-bond donors (Lipinski definition) is 1. The number of amides is 2. The number of carbonyl (C=O) groups is 3. The molecule has 1 fully saturated rings. The third-order valence-electron chi connectivity index (χ3n) is 3.75. The third-order valence-corrected chi connectivity index (χ3v) is 3.75. The van der Waals surface area contributed by atoms with E-state index in [-0.39, 0.29) is 24.8 Å². The smallest absolute Gasteiger partial charge is 0.305 e. The van der Waals surface area contributed by atoms with Crippen molar-refractivity contribution in [1.29, 1.82) is 0 Å². The molecule has 1 aliphatic rings. The quantitative estimate of drug-likeness (QED) is 0.769. The Balaban J connectivity index is 2.77. The molecule has 0 saturated carbocycles. The van der Waals surface area contributed by atoms with Crippen LogP contribution in [0.2, 0.25) is 0 Å². The monoisotopic (exact) mass is 298 g/mol. The summed E-state index contributed by atoms with van der Waals surface area (Å²) in [5.41, 5.74) is 0. The van der Waals surface area contributed by atoms with Gasteiger partial charge in [0.1, 0.15) is 6.04 Å². The fraction of sp³-hybridized carbons (Fsp3) is 0.800. The summed E-state index contributed by atoms with van der Waals surface area (Å²) in [6.45, 7) is 4.83. The minimum atomic E-state index is -0.927. The lowest BCUT2D eigenvalue weighted by molar-refractivity contribution is -0.148. The summed E-state index contributed by atoms with van der Waals surface area (Å²) in [6.07, 6.45) is 2.84. The topological polar surface area (TPSA) is 77.9 Å². The second-order valence-electron chi connectivity index (χ2n) is 6.09. The highest BCUT2D eigenvalue weighted by Crippen LogP contribution is 2.20. The molecule has 1 saturated heterocycles. The molecule has 0 bridgehead atoms. The highest BCUT2D eigenvalue weighted by atomic mass is 16.4. The van der Waals surface area contributed by atoms with Crippen LogP contribution in [0.15, 0.2) is 0 Å². The van der Waals surface area contributed by atoms with Gasteiger partial charge in [-0.2, -0.15) is 0 Å². The molecule has 1 unspecified atom stereocenters. The summed E-state index contributed by atoms with van der Waals surface area (Å²) in [6, 6.07) is -0.461. The van der Waals surface area contributed by atoms with Crippen LogP contribution >= 0.6 is 0 Å². The SMILES string of the molecule is CC(C)CC(C(=O)N(C)CCC(=O)O)N1CCCCC1=O. The highest BCUT2D eigenvalue weighted by Gasteiger charge is 2.33.